The van der Waals surface area contributed by atoms with E-state index in [9.17, 15) is 4.39 Å². The summed E-state index contributed by atoms with van der Waals surface area (Å²) < 4.78 is 15.3. The van der Waals surface area contributed by atoms with E-state index in [0.717, 1.165) is 0 Å². The summed E-state index contributed by atoms with van der Waals surface area (Å²) in [4.78, 5) is 4.19. The molecular weight excluding hydrogens is 267 g/mol. The maximum atomic E-state index is 13.8. The Kier molecular flexibility index (Phi) is 2.65. The molecule has 2 aromatic heterocycles. The Labute approximate surface area is 112 Å². The van der Waals surface area contributed by atoms with Gasteiger partial charge >= 0.3 is 0 Å². The van der Waals surface area contributed by atoms with E-state index < -0.39 is 5.82 Å². The molecule has 0 bridgehead atoms. The molecule has 6 heteroatoms. The van der Waals surface area contributed by atoms with E-state index in [-0.39, 0.29) is 16.4 Å². The minimum atomic E-state index is -0.482. The third kappa shape index (κ3) is 1.92. The summed E-state index contributed by atoms with van der Waals surface area (Å²) in [5.74, 6) is -0.290. The van der Waals surface area contributed by atoms with Crippen LogP contribution in [0.25, 0.3) is 17.0 Å². The second kappa shape index (κ2) is 4.34. The molecule has 0 unspecified atom stereocenters. The third-order valence-electron chi connectivity index (χ3n) is 2.65. The van der Waals surface area contributed by atoms with Crippen LogP contribution < -0.4 is 0 Å². The molecular formula is C13H6ClFN4. The maximum Gasteiger partial charge on any atom is 0.186 e. The number of nitriles is 1. The van der Waals surface area contributed by atoms with Crippen molar-refractivity contribution in [2.45, 2.75) is 0 Å². The fourth-order valence-corrected chi connectivity index (χ4v) is 2.02. The van der Waals surface area contributed by atoms with Crippen LogP contribution in [0.5, 0.6) is 0 Å². The van der Waals surface area contributed by atoms with Crippen molar-refractivity contribution < 1.29 is 4.39 Å². The van der Waals surface area contributed by atoms with Gasteiger partial charge < -0.3 is 0 Å². The van der Waals surface area contributed by atoms with Gasteiger partial charge in [-0.1, -0.05) is 17.7 Å². The average molecular weight is 273 g/mol. The molecule has 0 N–H and O–H groups in total. The summed E-state index contributed by atoms with van der Waals surface area (Å²) in [6.07, 6.45) is 1.60. The van der Waals surface area contributed by atoms with Crippen LogP contribution in [0.3, 0.4) is 0 Å². The number of rotatable bonds is 1. The summed E-state index contributed by atoms with van der Waals surface area (Å²) in [5, 5.41) is 13.2. The highest BCUT2D eigenvalue weighted by atomic mass is 35.5. The second-order valence-corrected chi connectivity index (χ2v) is 4.27. The van der Waals surface area contributed by atoms with E-state index in [0.29, 0.717) is 11.2 Å². The lowest BCUT2D eigenvalue weighted by Crippen LogP contribution is -1.89. The van der Waals surface area contributed by atoms with Crippen LogP contribution in [-0.4, -0.2) is 14.6 Å². The largest absolute Gasteiger partial charge is 0.220 e. The Morgan fingerprint density at radius 2 is 2.16 bits per heavy atom. The molecule has 92 valence electrons. The quantitative estimate of drug-likeness (QED) is 0.684. The van der Waals surface area contributed by atoms with Crippen molar-refractivity contribution in [1.29, 1.82) is 5.26 Å². The number of benzene rings is 1. The fraction of sp³-hybridized carbons (Fsp3) is 0. The van der Waals surface area contributed by atoms with Gasteiger partial charge in [-0.2, -0.15) is 5.26 Å². The lowest BCUT2D eigenvalue weighted by Gasteiger charge is -1.99. The third-order valence-corrected chi connectivity index (χ3v) is 2.97. The summed E-state index contributed by atoms with van der Waals surface area (Å²) in [7, 11) is 0. The van der Waals surface area contributed by atoms with Crippen molar-refractivity contribution in [2.75, 3.05) is 0 Å². The number of fused-ring (bicyclic) bond motifs is 1. The zero-order chi connectivity index (χ0) is 13.4. The van der Waals surface area contributed by atoms with Gasteiger partial charge in [-0.25, -0.2) is 13.9 Å². The summed E-state index contributed by atoms with van der Waals surface area (Å²) >= 11 is 5.97. The molecule has 0 saturated heterocycles. The number of hydrogen-bond acceptors (Lipinski definition) is 3. The predicted octanol–water partition coefficient (Wildman–Crippen LogP) is 3.06. The molecule has 2 heterocycles. The predicted molar refractivity (Wildman–Crippen MR) is 68.1 cm³/mol. The van der Waals surface area contributed by atoms with Crippen LogP contribution in [0.1, 0.15) is 5.56 Å². The molecule has 0 fully saturated rings. The standard InChI is InChI=1S/C13H6ClFN4/c14-9-2-1-3-10(15)12(9)13-17-11-6-8(7-16)4-5-19(11)18-13/h1-6H. The molecule has 0 aliphatic heterocycles. The van der Waals surface area contributed by atoms with Crippen molar-refractivity contribution in [3.63, 3.8) is 0 Å². The zero-order valence-electron chi connectivity index (χ0n) is 9.51. The first kappa shape index (κ1) is 11.6. The highest BCUT2D eigenvalue weighted by Gasteiger charge is 2.14. The second-order valence-electron chi connectivity index (χ2n) is 3.86. The topological polar surface area (TPSA) is 54.0 Å². The van der Waals surface area contributed by atoms with Gasteiger partial charge in [0.2, 0.25) is 0 Å². The minimum Gasteiger partial charge on any atom is -0.220 e. The average Bonchev–Trinajstić information content (AvgIpc) is 2.80. The summed E-state index contributed by atoms with van der Waals surface area (Å²) in [5.41, 5.74) is 1.09. The summed E-state index contributed by atoms with van der Waals surface area (Å²) in [6, 6.07) is 9.58. The number of aromatic nitrogens is 3. The Bertz CT molecular complexity index is 799. The van der Waals surface area contributed by atoms with Crippen LogP contribution in [0.2, 0.25) is 5.02 Å². The van der Waals surface area contributed by atoms with Crippen molar-refractivity contribution >= 4 is 17.2 Å². The molecule has 0 aliphatic carbocycles. The Morgan fingerprint density at radius 1 is 1.32 bits per heavy atom. The van der Waals surface area contributed by atoms with E-state index in [2.05, 4.69) is 10.1 Å². The van der Waals surface area contributed by atoms with Gasteiger partial charge in [-0.3, -0.25) is 0 Å². The van der Waals surface area contributed by atoms with Gasteiger partial charge in [0, 0.05) is 12.3 Å². The molecule has 0 aliphatic rings. The van der Waals surface area contributed by atoms with Crippen LogP contribution in [-0.2, 0) is 0 Å². The van der Waals surface area contributed by atoms with Gasteiger partial charge in [0.1, 0.15) is 5.82 Å². The fourth-order valence-electron chi connectivity index (χ4n) is 1.77. The number of nitrogens with zero attached hydrogens (tertiary/aromatic N) is 4. The zero-order valence-corrected chi connectivity index (χ0v) is 10.3. The summed E-state index contributed by atoms with van der Waals surface area (Å²) in [6.45, 7) is 0. The maximum absolute atomic E-state index is 13.8. The van der Waals surface area contributed by atoms with Crippen molar-refractivity contribution in [3.05, 3.63) is 52.9 Å². The van der Waals surface area contributed by atoms with E-state index in [1.165, 1.54) is 16.6 Å². The first-order chi connectivity index (χ1) is 9.19. The Balaban J connectivity index is 2.24. The van der Waals surface area contributed by atoms with Crippen LogP contribution in [0, 0.1) is 17.1 Å². The van der Waals surface area contributed by atoms with E-state index in [4.69, 9.17) is 16.9 Å². The van der Waals surface area contributed by atoms with Crippen molar-refractivity contribution in [1.82, 2.24) is 14.6 Å². The molecule has 0 amide bonds. The highest BCUT2D eigenvalue weighted by molar-refractivity contribution is 6.33. The van der Waals surface area contributed by atoms with Crippen molar-refractivity contribution in [3.8, 4) is 17.5 Å². The Hall–Kier alpha value is -2.45. The number of halogens is 2. The van der Waals surface area contributed by atoms with E-state index in [1.807, 2.05) is 6.07 Å². The SMILES string of the molecule is N#Cc1ccn2nc(-c3c(F)cccc3Cl)nc2c1. The lowest BCUT2D eigenvalue weighted by atomic mass is 10.2. The first-order valence-electron chi connectivity index (χ1n) is 5.40. The molecule has 4 nitrogen and oxygen atoms in total. The van der Waals surface area contributed by atoms with E-state index in [1.54, 1.807) is 24.4 Å². The van der Waals surface area contributed by atoms with E-state index >= 15 is 0 Å². The monoisotopic (exact) mass is 272 g/mol. The van der Waals surface area contributed by atoms with Gasteiger partial charge in [0.15, 0.2) is 11.5 Å². The van der Waals surface area contributed by atoms with Crippen LogP contribution in [0.15, 0.2) is 36.5 Å². The van der Waals surface area contributed by atoms with Crippen LogP contribution in [0.4, 0.5) is 4.39 Å². The smallest absolute Gasteiger partial charge is 0.186 e. The van der Waals surface area contributed by atoms with Crippen molar-refractivity contribution in [2.24, 2.45) is 0 Å². The molecule has 0 spiro atoms. The lowest BCUT2D eigenvalue weighted by molar-refractivity contribution is 0.630. The normalized spacial score (nSPS) is 10.6. The molecule has 0 saturated carbocycles. The highest BCUT2D eigenvalue weighted by Crippen LogP contribution is 2.28. The molecule has 1 aromatic carbocycles. The Morgan fingerprint density at radius 3 is 2.89 bits per heavy atom. The molecule has 0 atom stereocenters. The minimum absolute atomic E-state index is 0.159. The van der Waals surface area contributed by atoms with Gasteiger partial charge in [0.05, 0.1) is 22.2 Å². The molecule has 19 heavy (non-hydrogen) atoms. The van der Waals surface area contributed by atoms with Gasteiger partial charge in [0.25, 0.3) is 0 Å². The van der Waals surface area contributed by atoms with Gasteiger partial charge in [-0.15, -0.1) is 5.10 Å². The van der Waals surface area contributed by atoms with Crippen LogP contribution >= 0.6 is 11.6 Å². The molecule has 3 rings (SSSR count). The number of hydrogen-bond donors (Lipinski definition) is 0. The first-order valence-corrected chi connectivity index (χ1v) is 5.78. The van der Waals surface area contributed by atoms with Gasteiger partial charge in [-0.05, 0) is 18.2 Å². The molecule has 3 aromatic rings. The number of pyridine rings is 1. The molecule has 0 radical (unpaired) electrons.